The van der Waals surface area contributed by atoms with Crippen LogP contribution in [0.5, 0.6) is 0 Å². The van der Waals surface area contributed by atoms with E-state index < -0.39 is 5.76 Å². The summed E-state index contributed by atoms with van der Waals surface area (Å²) < 4.78 is 30.0. The summed E-state index contributed by atoms with van der Waals surface area (Å²) in [6, 6.07) is 3.29. The molecule has 0 aliphatic heterocycles. The minimum absolute atomic E-state index is 0.0808. The molecular formula is C16H14F2N2O2S2. The third-order valence-corrected chi connectivity index (χ3v) is 5.96. The second-order valence-corrected chi connectivity index (χ2v) is 7.71. The number of thioether (sulfide) groups is 1. The predicted molar refractivity (Wildman–Crippen MR) is 91.9 cm³/mol. The molecule has 0 fully saturated rings. The van der Waals surface area contributed by atoms with Gasteiger partial charge in [0.15, 0.2) is 11.6 Å². The smallest absolute Gasteiger partial charge is 0.284 e. The van der Waals surface area contributed by atoms with Crippen molar-refractivity contribution in [2.45, 2.75) is 37.2 Å². The quantitative estimate of drug-likeness (QED) is 0.732. The molecule has 126 valence electrons. The summed E-state index contributed by atoms with van der Waals surface area (Å²) in [4.78, 5) is 21.8. The van der Waals surface area contributed by atoms with Gasteiger partial charge in [-0.15, -0.1) is 11.3 Å². The van der Waals surface area contributed by atoms with Gasteiger partial charge < -0.3 is 9.40 Å². The molecule has 0 bridgehead atoms. The van der Waals surface area contributed by atoms with Crippen LogP contribution in [0.1, 0.15) is 29.0 Å². The van der Waals surface area contributed by atoms with Gasteiger partial charge in [0.05, 0.1) is 11.1 Å². The molecule has 0 unspecified atom stereocenters. The molecular weight excluding hydrogens is 354 g/mol. The fourth-order valence-corrected chi connectivity index (χ4v) is 4.72. The molecule has 3 heterocycles. The lowest BCUT2D eigenvalue weighted by Gasteiger charge is -2.09. The number of hydrogen-bond donors (Lipinski definition) is 1. The molecule has 1 N–H and O–H groups in total. The average molecular weight is 368 g/mol. The summed E-state index contributed by atoms with van der Waals surface area (Å²) in [5.41, 5.74) is 0.976. The number of nitrogens with one attached hydrogen (secondary N) is 1. The summed E-state index contributed by atoms with van der Waals surface area (Å²) in [5.74, 6) is -1.18. The molecule has 24 heavy (non-hydrogen) atoms. The number of H-pyrrole nitrogens is 1. The largest absolute Gasteiger partial charge is 0.457 e. The minimum Gasteiger partial charge on any atom is -0.457 e. The van der Waals surface area contributed by atoms with Crippen molar-refractivity contribution in [2.24, 2.45) is 0 Å². The number of alkyl halides is 2. The van der Waals surface area contributed by atoms with E-state index in [1.807, 2.05) is 0 Å². The van der Waals surface area contributed by atoms with Crippen LogP contribution in [0.15, 0.2) is 21.3 Å². The highest BCUT2D eigenvalue weighted by atomic mass is 32.2. The molecule has 0 amide bonds. The van der Waals surface area contributed by atoms with Gasteiger partial charge in [0, 0.05) is 4.88 Å². The summed E-state index contributed by atoms with van der Waals surface area (Å²) in [5, 5.41) is 0.693. The van der Waals surface area contributed by atoms with Crippen molar-refractivity contribution in [2.75, 3.05) is 0 Å². The Kier molecular flexibility index (Phi) is 4.17. The summed E-state index contributed by atoms with van der Waals surface area (Å²) in [6.07, 6.45) is 4.17. The Hall–Kier alpha value is -1.67. The lowest BCUT2D eigenvalue weighted by Crippen LogP contribution is -2.11. The first kappa shape index (κ1) is 15.8. The van der Waals surface area contributed by atoms with E-state index in [0.29, 0.717) is 34.5 Å². The van der Waals surface area contributed by atoms with Crippen LogP contribution in [0, 0.1) is 0 Å². The lowest BCUT2D eigenvalue weighted by molar-refractivity contribution is 0.251. The zero-order valence-electron chi connectivity index (χ0n) is 12.6. The molecule has 3 aromatic heterocycles. The van der Waals surface area contributed by atoms with Crippen molar-refractivity contribution in [3.05, 3.63) is 38.7 Å². The maximum Gasteiger partial charge on any atom is 0.284 e. The van der Waals surface area contributed by atoms with Gasteiger partial charge in [-0.25, -0.2) is 4.98 Å². The van der Waals surface area contributed by atoms with E-state index in [-0.39, 0.29) is 11.3 Å². The molecule has 3 aromatic rings. The lowest BCUT2D eigenvalue weighted by atomic mass is 9.97. The Bertz CT molecular complexity index is 945. The van der Waals surface area contributed by atoms with Gasteiger partial charge in [0.25, 0.3) is 11.3 Å². The van der Waals surface area contributed by atoms with Crippen molar-refractivity contribution < 1.29 is 13.2 Å². The molecule has 0 atom stereocenters. The average Bonchev–Trinajstić information content (AvgIpc) is 3.17. The Morgan fingerprint density at radius 2 is 2.17 bits per heavy atom. The van der Waals surface area contributed by atoms with Crippen molar-refractivity contribution in [3.8, 4) is 11.6 Å². The van der Waals surface area contributed by atoms with Crippen molar-refractivity contribution in [1.29, 1.82) is 0 Å². The first-order chi connectivity index (χ1) is 11.6. The molecule has 0 saturated carbocycles. The third-order valence-electron chi connectivity index (χ3n) is 4.07. The van der Waals surface area contributed by atoms with Gasteiger partial charge in [-0.3, -0.25) is 4.79 Å². The molecule has 0 saturated heterocycles. The van der Waals surface area contributed by atoms with Crippen LogP contribution in [-0.2, 0) is 18.6 Å². The van der Waals surface area contributed by atoms with Crippen LogP contribution in [0.3, 0.4) is 0 Å². The van der Waals surface area contributed by atoms with Crippen LogP contribution >= 0.6 is 23.1 Å². The monoisotopic (exact) mass is 368 g/mol. The van der Waals surface area contributed by atoms with E-state index >= 15 is 0 Å². The number of aryl methyl sites for hydroxylation is 2. The van der Waals surface area contributed by atoms with Gasteiger partial charge in [0.2, 0.25) is 0 Å². The zero-order chi connectivity index (χ0) is 16.7. The number of hydrogen-bond acceptors (Lipinski definition) is 5. The van der Waals surface area contributed by atoms with Gasteiger partial charge in [-0.2, -0.15) is 8.78 Å². The number of fused-ring (bicyclic) bond motifs is 3. The number of aromatic nitrogens is 2. The van der Waals surface area contributed by atoms with Crippen LogP contribution in [0.2, 0.25) is 0 Å². The van der Waals surface area contributed by atoms with Gasteiger partial charge in [-0.05, 0) is 43.4 Å². The predicted octanol–water partition coefficient (Wildman–Crippen LogP) is 4.58. The van der Waals surface area contributed by atoms with Crippen molar-refractivity contribution >= 4 is 33.3 Å². The van der Waals surface area contributed by atoms with E-state index in [2.05, 4.69) is 9.97 Å². The van der Waals surface area contributed by atoms with Crippen LogP contribution < -0.4 is 5.56 Å². The Balaban J connectivity index is 1.71. The number of aromatic amines is 1. The van der Waals surface area contributed by atoms with E-state index in [4.69, 9.17) is 4.42 Å². The highest BCUT2D eigenvalue weighted by Crippen LogP contribution is 2.34. The van der Waals surface area contributed by atoms with E-state index in [1.165, 1.54) is 4.88 Å². The summed E-state index contributed by atoms with van der Waals surface area (Å²) in [6.45, 7) is 0. The van der Waals surface area contributed by atoms with Crippen LogP contribution in [-0.4, -0.2) is 15.7 Å². The third kappa shape index (κ3) is 2.88. The number of nitrogens with zero attached hydrogens (tertiary/aromatic N) is 1. The molecule has 1 aliphatic carbocycles. The highest BCUT2D eigenvalue weighted by molar-refractivity contribution is 7.98. The Morgan fingerprint density at radius 1 is 1.33 bits per heavy atom. The zero-order valence-corrected chi connectivity index (χ0v) is 14.2. The van der Waals surface area contributed by atoms with Crippen molar-refractivity contribution in [3.63, 3.8) is 0 Å². The molecule has 0 radical (unpaired) electrons. The molecule has 0 spiro atoms. The Labute approximate surface area is 144 Å². The number of furan rings is 1. The highest BCUT2D eigenvalue weighted by Gasteiger charge is 2.20. The van der Waals surface area contributed by atoms with Gasteiger partial charge in [0.1, 0.15) is 10.6 Å². The molecule has 0 aromatic carbocycles. The summed E-state index contributed by atoms with van der Waals surface area (Å²) >= 11 is 2.07. The minimum atomic E-state index is -2.44. The van der Waals surface area contributed by atoms with Gasteiger partial charge >= 0.3 is 0 Å². The topological polar surface area (TPSA) is 58.9 Å². The molecule has 4 nitrogen and oxygen atoms in total. The standard InChI is InChI=1S/C16H14F2N2O2S2/c17-16(18)23-7-8-5-6-10(22-8)13-19-14(21)12-9-3-1-2-4-11(9)24-15(12)20-13/h5-6,16H,1-4,7H2,(H,19,20,21). The van der Waals surface area contributed by atoms with Crippen molar-refractivity contribution in [1.82, 2.24) is 9.97 Å². The number of halogens is 2. The molecule has 4 rings (SSSR count). The number of thiophene rings is 1. The van der Waals surface area contributed by atoms with E-state index in [0.717, 1.165) is 36.1 Å². The first-order valence-electron chi connectivity index (χ1n) is 7.65. The second-order valence-electron chi connectivity index (χ2n) is 5.64. The fourth-order valence-electron chi connectivity index (χ4n) is 3.01. The van der Waals surface area contributed by atoms with E-state index in [9.17, 15) is 13.6 Å². The normalized spacial score (nSPS) is 14.5. The van der Waals surface area contributed by atoms with Crippen LogP contribution in [0.4, 0.5) is 8.78 Å². The SMILES string of the molecule is O=c1[nH]c(-c2ccc(CSC(F)F)o2)nc2sc3c(c12)CCCC3. The Morgan fingerprint density at radius 3 is 3.00 bits per heavy atom. The maximum absolute atomic E-state index is 12.5. The fraction of sp³-hybridized carbons (Fsp3) is 0.375. The van der Waals surface area contributed by atoms with E-state index in [1.54, 1.807) is 23.5 Å². The second kappa shape index (κ2) is 6.33. The first-order valence-corrected chi connectivity index (χ1v) is 9.52. The maximum atomic E-state index is 12.5. The van der Waals surface area contributed by atoms with Crippen LogP contribution in [0.25, 0.3) is 21.8 Å². The number of rotatable bonds is 4. The van der Waals surface area contributed by atoms with Gasteiger partial charge in [-0.1, -0.05) is 11.8 Å². The summed E-state index contributed by atoms with van der Waals surface area (Å²) in [7, 11) is 0. The molecule has 1 aliphatic rings. The molecule has 8 heteroatoms.